The highest BCUT2D eigenvalue weighted by molar-refractivity contribution is 5.37. The first-order valence-electron chi connectivity index (χ1n) is 7.97. The molecule has 0 fully saturated rings. The van der Waals surface area contributed by atoms with Gasteiger partial charge in [0, 0.05) is 6.04 Å². The molecule has 0 saturated carbocycles. The van der Waals surface area contributed by atoms with Gasteiger partial charge in [-0.1, -0.05) is 32.9 Å². The van der Waals surface area contributed by atoms with Crippen LogP contribution < -0.4 is 10.1 Å². The van der Waals surface area contributed by atoms with E-state index < -0.39 is 5.60 Å². The van der Waals surface area contributed by atoms with Gasteiger partial charge >= 0.3 is 0 Å². The van der Waals surface area contributed by atoms with Crippen molar-refractivity contribution in [3.63, 3.8) is 0 Å². The molecule has 0 amide bonds. The lowest BCUT2D eigenvalue weighted by molar-refractivity contribution is -0.0268. The Morgan fingerprint density at radius 3 is 2.48 bits per heavy atom. The van der Waals surface area contributed by atoms with Crippen molar-refractivity contribution in [1.82, 2.24) is 5.32 Å². The Labute approximate surface area is 129 Å². The fourth-order valence-electron chi connectivity index (χ4n) is 1.97. The summed E-state index contributed by atoms with van der Waals surface area (Å²) in [5.74, 6) is 1.01. The molecule has 2 unspecified atom stereocenters. The molecular weight excluding hydrogens is 262 g/mol. The second-order valence-corrected chi connectivity index (χ2v) is 6.50. The summed E-state index contributed by atoms with van der Waals surface area (Å²) < 4.78 is 5.81. The van der Waals surface area contributed by atoms with E-state index in [4.69, 9.17) is 4.74 Å². The largest absolute Gasteiger partial charge is 0.490 e. The van der Waals surface area contributed by atoms with Gasteiger partial charge in [0.15, 0.2) is 0 Å². The summed E-state index contributed by atoms with van der Waals surface area (Å²) in [7, 11) is 0. The predicted octanol–water partition coefficient (Wildman–Crippen LogP) is 3.84. The molecule has 3 heteroatoms. The third kappa shape index (κ3) is 5.33. The van der Waals surface area contributed by atoms with Crippen LogP contribution >= 0.6 is 0 Å². The van der Waals surface area contributed by atoms with Gasteiger partial charge in [0.2, 0.25) is 0 Å². The third-order valence-corrected chi connectivity index (χ3v) is 4.16. The summed E-state index contributed by atoms with van der Waals surface area (Å²) in [6.45, 7) is 13.6. The van der Waals surface area contributed by atoms with Crippen LogP contribution in [0, 0.1) is 12.8 Å². The summed E-state index contributed by atoms with van der Waals surface area (Å²) in [4.78, 5) is 0. The summed E-state index contributed by atoms with van der Waals surface area (Å²) in [5, 5.41) is 13.7. The molecule has 0 aliphatic rings. The lowest BCUT2D eigenvalue weighted by Crippen LogP contribution is -2.37. The van der Waals surface area contributed by atoms with E-state index in [1.807, 2.05) is 26.8 Å². The van der Waals surface area contributed by atoms with Gasteiger partial charge in [-0.25, -0.2) is 0 Å². The zero-order valence-electron chi connectivity index (χ0n) is 14.4. The highest BCUT2D eigenvalue weighted by atomic mass is 16.5. The van der Waals surface area contributed by atoms with E-state index in [1.54, 1.807) is 0 Å². The van der Waals surface area contributed by atoms with Gasteiger partial charge < -0.3 is 15.2 Å². The van der Waals surface area contributed by atoms with Crippen LogP contribution in [0.1, 0.15) is 58.2 Å². The van der Waals surface area contributed by atoms with Crippen molar-refractivity contribution >= 4 is 0 Å². The minimum absolute atomic E-state index is 0.162. The summed E-state index contributed by atoms with van der Waals surface area (Å²) in [6.07, 6.45) is 1.13. The van der Waals surface area contributed by atoms with E-state index in [1.165, 1.54) is 5.56 Å². The molecule has 2 atom stereocenters. The Hall–Kier alpha value is -1.06. The summed E-state index contributed by atoms with van der Waals surface area (Å²) in [6, 6.07) is 6.61. The Balaban J connectivity index is 2.70. The van der Waals surface area contributed by atoms with Crippen LogP contribution in [-0.2, 0) is 0 Å². The molecular formula is C18H31NO2. The van der Waals surface area contributed by atoms with Gasteiger partial charge in [-0.05, 0) is 56.8 Å². The maximum absolute atomic E-state index is 10.2. The zero-order valence-corrected chi connectivity index (χ0v) is 14.4. The third-order valence-electron chi connectivity index (χ3n) is 4.16. The maximum Gasteiger partial charge on any atom is 0.122 e. The van der Waals surface area contributed by atoms with Crippen molar-refractivity contribution in [3.05, 3.63) is 29.3 Å². The smallest absolute Gasteiger partial charge is 0.122 e. The van der Waals surface area contributed by atoms with E-state index in [2.05, 4.69) is 38.2 Å². The number of nitrogens with one attached hydrogen (secondary N) is 1. The average molecular weight is 293 g/mol. The normalized spacial score (nSPS) is 15.8. The van der Waals surface area contributed by atoms with Gasteiger partial charge in [0.05, 0.1) is 5.60 Å². The van der Waals surface area contributed by atoms with Crippen LogP contribution in [0.2, 0.25) is 0 Å². The topological polar surface area (TPSA) is 41.5 Å². The van der Waals surface area contributed by atoms with E-state index in [0.717, 1.165) is 24.3 Å². The second-order valence-electron chi connectivity index (χ2n) is 6.50. The van der Waals surface area contributed by atoms with Crippen molar-refractivity contribution in [1.29, 1.82) is 0 Å². The Morgan fingerprint density at radius 1 is 1.29 bits per heavy atom. The molecule has 1 rings (SSSR count). The van der Waals surface area contributed by atoms with Gasteiger partial charge in [-0.2, -0.15) is 0 Å². The van der Waals surface area contributed by atoms with Gasteiger partial charge in [0.1, 0.15) is 12.4 Å². The molecule has 2 N–H and O–H groups in total. The average Bonchev–Trinajstić information content (AvgIpc) is 2.43. The first kappa shape index (κ1) is 18.0. The zero-order chi connectivity index (χ0) is 16.0. The number of aryl methyl sites for hydroxylation is 1. The standard InChI is InChI=1S/C18H31NO2/c1-7-10-19-15(5)16-8-9-17(14(4)11-16)21-12-18(6,20)13(2)3/h8-9,11,13,15,19-20H,7,10,12H2,1-6H3. The summed E-state index contributed by atoms with van der Waals surface area (Å²) in [5.41, 5.74) is 1.57. The number of ether oxygens (including phenoxy) is 1. The molecule has 0 bridgehead atoms. The summed E-state index contributed by atoms with van der Waals surface area (Å²) >= 11 is 0. The van der Waals surface area contributed by atoms with Crippen LogP contribution in [0.25, 0.3) is 0 Å². The second kappa shape index (κ2) is 7.81. The number of aliphatic hydroxyl groups is 1. The molecule has 1 aromatic carbocycles. The highest BCUT2D eigenvalue weighted by Crippen LogP contribution is 2.25. The van der Waals surface area contributed by atoms with Crippen molar-refractivity contribution in [2.75, 3.05) is 13.2 Å². The fourth-order valence-corrected chi connectivity index (χ4v) is 1.97. The Morgan fingerprint density at radius 2 is 1.95 bits per heavy atom. The van der Waals surface area contributed by atoms with Crippen molar-refractivity contribution < 1.29 is 9.84 Å². The number of hydrogen-bond donors (Lipinski definition) is 2. The monoisotopic (exact) mass is 293 g/mol. The minimum atomic E-state index is -0.804. The maximum atomic E-state index is 10.2. The van der Waals surface area contributed by atoms with E-state index in [9.17, 15) is 5.11 Å². The molecule has 0 radical (unpaired) electrons. The Bertz CT molecular complexity index is 441. The van der Waals surface area contributed by atoms with Crippen LogP contribution in [0.15, 0.2) is 18.2 Å². The molecule has 0 spiro atoms. The van der Waals surface area contributed by atoms with Gasteiger partial charge in [0.25, 0.3) is 0 Å². The van der Waals surface area contributed by atoms with Crippen LogP contribution in [0.5, 0.6) is 5.75 Å². The molecule has 0 aliphatic heterocycles. The molecule has 0 saturated heterocycles. The molecule has 1 aromatic rings. The first-order valence-corrected chi connectivity index (χ1v) is 7.97. The highest BCUT2D eigenvalue weighted by Gasteiger charge is 2.26. The Kier molecular flexibility index (Phi) is 6.69. The van der Waals surface area contributed by atoms with E-state index >= 15 is 0 Å². The fraction of sp³-hybridized carbons (Fsp3) is 0.667. The molecule has 120 valence electrons. The molecule has 21 heavy (non-hydrogen) atoms. The predicted molar refractivity (Wildman–Crippen MR) is 88.8 cm³/mol. The lowest BCUT2D eigenvalue weighted by atomic mass is 9.94. The first-order chi connectivity index (χ1) is 9.77. The molecule has 0 heterocycles. The minimum Gasteiger partial charge on any atom is -0.490 e. The lowest BCUT2D eigenvalue weighted by Gasteiger charge is -2.28. The van der Waals surface area contributed by atoms with E-state index in [-0.39, 0.29) is 5.92 Å². The van der Waals surface area contributed by atoms with Crippen LogP contribution in [0.3, 0.4) is 0 Å². The van der Waals surface area contributed by atoms with Gasteiger partial charge in [-0.3, -0.25) is 0 Å². The van der Waals surface area contributed by atoms with E-state index in [0.29, 0.717) is 12.6 Å². The van der Waals surface area contributed by atoms with Crippen molar-refractivity contribution in [2.24, 2.45) is 5.92 Å². The van der Waals surface area contributed by atoms with Crippen molar-refractivity contribution in [2.45, 2.75) is 59.6 Å². The quantitative estimate of drug-likeness (QED) is 0.765. The van der Waals surface area contributed by atoms with Gasteiger partial charge in [-0.15, -0.1) is 0 Å². The molecule has 0 aromatic heterocycles. The molecule has 0 aliphatic carbocycles. The van der Waals surface area contributed by atoms with Crippen LogP contribution in [-0.4, -0.2) is 23.9 Å². The number of rotatable bonds is 8. The van der Waals surface area contributed by atoms with Crippen LogP contribution in [0.4, 0.5) is 0 Å². The van der Waals surface area contributed by atoms with Crippen molar-refractivity contribution in [3.8, 4) is 5.75 Å². The number of hydrogen-bond acceptors (Lipinski definition) is 3. The molecule has 3 nitrogen and oxygen atoms in total. The number of benzene rings is 1. The SMILES string of the molecule is CCCNC(C)c1ccc(OCC(C)(O)C(C)C)c(C)c1.